The normalized spacial score (nSPS) is 23.1. The Hall–Kier alpha value is -2.58. The fourth-order valence-corrected chi connectivity index (χ4v) is 5.94. The largest absolute Gasteiger partial charge is 0.492 e. The van der Waals surface area contributed by atoms with E-state index in [1.54, 1.807) is 0 Å². The summed E-state index contributed by atoms with van der Waals surface area (Å²) < 4.78 is 64.9. The van der Waals surface area contributed by atoms with Gasteiger partial charge in [-0.15, -0.1) is 0 Å². The van der Waals surface area contributed by atoms with Crippen molar-refractivity contribution in [1.29, 1.82) is 0 Å². The van der Waals surface area contributed by atoms with Crippen LogP contribution in [0.15, 0.2) is 36.4 Å². The van der Waals surface area contributed by atoms with Crippen molar-refractivity contribution in [3.63, 3.8) is 0 Å². The summed E-state index contributed by atoms with van der Waals surface area (Å²) in [5.41, 5.74) is 0.941. The lowest BCUT2D eigenvalue weighted by Gasteiger charge is -2.43. The number of fused-ring (bicyclic) bond motifs is 3. The Labute approximate surface area is 215 Å². The highest BCUT2D eigenvalue weighted by atomic mass is 19.1. The van der Waals surface area contributed by atoms with E-state index in [9.17, 15) is 8.78 Å². The van der Waals surface area contributed by atoms with Crippen LogP contribution in [-0.2, 0) is 6.42 Å². The number of ether oxygens (including phenoxy) is 1. The van der Waals surface area contributed by atoms with Gasteiger partial charge in [-0.25, -0.2) is 13.2 Å². The molecule has 4 nitrogen and oxygen atoms in total. The zero-order valence-corrected chi connectivity index (χ0v) is 21.7. The Bertz CT molecular complexity index is 1230. The lowest BCUT2D eigenvalue weighted by molar-refractivity contribution is 0.0642. The molecule has 2 aromatic carbocycles. The van der Waals surface area contributed by atoms with Crippen molar-refractivity contribution in [1.82, 2.24) is 14.8 Å². The topological polar surface area (TPSA) is 31.5 Å². The fraction of sp³-hybridized carbons (Fsp3) is 0.517. The van der Waals surface area contributed by atoms with Crippen molar-refractivity contribution in [2.45, 2.75) is 51.4 Å². The van der Waals surface area contributed by atoms with Gasteiger partial charge in [0.15, 0.2) is 0 Å². The Kier molecular flexibility index (Phi) is 7.24. The summed E-state index contributed by atoms with van der Waals surface area (Å²) in [7, 11) is 0. The second kappa shape index (κ2) is 10.3. The first kappa shape index (κ1) is 26.0. The molecule has 3 aromatic rings. The number of para-hydroxylation sites is 1. The van der Waals surface area contributed by atoms with Crippen molar-refractivity contribution >= 4 is 10.9 Å². The molecule has 2 aliphatic rings. The van der Waals surface area contributed by atoms with E-state index in [0.29, 0.717) is 25.2 Å². The number of hydrogen-bond donors (Lipinski definition) is 1. The van der Waals surface area contributed by atoms with Crippen LogP contribution in [0, 0.1) is 17.6 Å². The first-order valence-corrected chi connectivity index (χ1v) is 13.1. The molecular weight excluding hydrogens is 482 g/mol. The number of aromatic nitrogens is 1. The van der Waals surface area contributed by atoms with Gasteiger partial charge in [-0.2, -0.15) is 0 Å². The minimum atomic E-state index is -1.55. The van der Waals surface area contributed by atoms with Gasteiger partial charge in [-0.3, -0.25) is 14.2 Å². The number of H-pyrrole nitrogens is 1. The maximum absolute atomic E-state index is 15.7. The number of nitrogens with one attached hydrogen (secondary N) is 1. The van der Waals surface area contributed by atoms with Crippen LogP contribution >= 0.6 is 0 Å². The molecule has 0 amide bonds. The molecule has 5 rings (SSSR count). The molecule has 3 heterocycles. The zero-order valence-electron chi connectivity index (χ0n) is 21.7. The summed E-state index contributed by atoms with van der Waals surface area (Å²) in [6.07, 6.45) is 1.46. The van der Waals surface area contributed by atoms with Crippen LogP contribution in [0.3, 0.4) is 0 Å². The van der Waals surface area contributed by atoms with E-state index < -0.39 is 23.3 Å². The standard InChI is InChI=1S/C29H35F4N3O/c1-18-12-22-21-6-4-5-7-25(21)34-27(22)28(36(18)17-29(2,3)33)26-23(31)13-20(14-24(26)32)37-11-10-35-9-8-19(15-30)16-35/h4-7,13-14,18-19,28,34H,8-12,15-17H2,1-3H3/t18-,19+,28-/m1/s1. The number of hydrogen-bond acceptors (Lipinski definition) is 3. The van der Waals surface area contributed by atoms with Gasteiger partial charge in [0.1, 0.15) is 29.7 Å². The molecule has 0 saturated carbocycles. The zero-order chi connectivity index (χ0) is 26.3. The average Bonchev–Trinajstić information content (AvgIpc) is 3.44. The van der Waals surface area contributed by atoms with Gasteiger partial charge in [-0.05, 0) is 51.8 Å². The maximum Gasteiger partial charge on any atom is 0.135 e. The second-order valence-electron chi connectivity index (χ2n) is 11.2. The number of nitrogens with zero attached hydrogens (tertiary/aromatic N) is 2. The van der Waals surface area contributed by atoms with Gasteiger partial charge in [0, 0.05) is 65.9 Å². The molecule has 0 spiro atoms. The third kappa shape index (κ3) is 5.36. The smallest absolute Gasteiger partial charge is 0.135 e. The number of alkyl halides is 2. The first-order valence-electron chi connectivity index (χ1n) is 13.1. The van der Waals surface area contributed by atoms with Crippen LogP contribution in [0.5, 0.6) is 5.75 Å². The fourth-order valence-electron chi connectivity index (χ4n) is 5.94. The Morgan fingerprint density at radius 1 is 1.14 bits per heavy atom. The molecule has 1 saturated heterocycles. The Balaban J connectivity index is 1.46. The molecule has 0 bridgehead atoms. The molecule has 1 aromatic heterocycles. The molecule has 1 fully saturated rings. The molecule has 0 unspecified atom stereocenters. The number of aromatic amines is 1. The van der Waals surface area contributed by atoms with E-state index in [1.807, 2.05) is 36.1 Å². The van der Waals surface area contributed by atoms with Crippen LogP contribution in [0.2, 0.25) is 0 Å². The quantitative estimate of drug-likeness (QED) is 0.361. The van der Waals surface area contributed by atoms with Crippen molar-refractivity contribution in [2.75, 3.05) is 39.5 Å². The van der Waals surface area contributed by atoms with Crippen molar-refractivity contribution in [3.05, 3.63) is 64.9 Å². The van der Waals surface area contributed by atoms with Crippen LogP contribution in [-0.4, -0.2) is 66.0 Å². The first-order chi connectivity index (χ1) is 17.6. The molecule has 200 valence electrons. The van der Waals surface area contributed by atoms with E-state index in [1.165, 1.54) is 26.0 Å². The van der Waals surface area contributed by atoms with Gasteiger partial charge in [0.25, 0.3) is 0 Å². The summed E-state index contributed by atoms with van der Waals surface area (Å²) >= 11 is 0. The SMILES string of the molecule is C[C@@H]1Cc2c([nH]c3ccccc23)[C@@H](c2c(F)cc(OCCN3CC[C@@H](CF)C3)cc2F)N1CC(C)(C)F. The van der Waals surface area contributed by atoms with Crippen LogP contribution in [0.4, 0.5) is 17.6 Å². The average molecular weight is 518 g/mol. The van der Waals surface area contributed by atoms with E-state index in [4.69, 9.17) is 4.74 Å². The second-order valence-corrected chi connectivity index (χ2v) is 11.2. The van der Waals surface area contributed by atoms with Gasteiger partial charge < -0.3 is 9.72 Å². The highest BCUT2D eigenvalue weighted by molar-refractivity contribution is 5.85. The van der Waals surface area contributed by atoms with Crippen molar-refractivity contribution in [3.8, 4) is 5.75 Å². The molecule has 8 heteroatoms. The van der Waals surface area contributed by atoms with Gasteiger partial charge in [-0.1, -0.05) is 18.2 Å². The van der Waals surface area contributed by atoms with Gasteiger partial charge in [0.2, 0.25) is 0 Å². The highest BCUT2D eigenvalue weighted by Gasteiger charge is 2.41. The van der Waals surface area contributed by atoms with E-state index >= 15 is 8.78 Å². The number of rotatable bonds is 8. The highest BCUT2D eigenvalue weighted by Crippen LogP contribution is 2.43. The lowest BCUT2D eigenvalue weighted by atomic mass is 9.87. The predicted octanol–water partition coefficient (Wildman–Crippen LogP) is 6.20. The number of halogens is 4. The Morgan fingerprint density at radius 3 is 2.54 bits per heavy atom. The van der Waals surface area contributed by atoms with Gasteiger partial charge >= 0.3 is 0 Å². The monoisotopic (exact) mass is 517 g/mol. The molecule has 0 radical (unpaired) electrons. The van der Waals surface area contributed by atoms with Crippen LogP contribution in [0.1, 0.15) is 50.1 Å². The third-order valence-corrected chi connectivity index (χ3v) is 7.67. The summed E-state index contributed by atoms with van der Waals surface area (Å²) in [6.45, 7) is 6.94. The lowest BCUT2D eigenvalue weighted by Crippen LogP contribution is -2.48. The molecule has 2 aliphatic heterocycles. The van der Waals surface area contributed by atoms with Crippen LogP contribution < -0.4 is 4.74 Å². The number of benzene rings is 2. The molecular formula is C29H35F4N3O. The van der Waals surface area contributed by atoms with Crippen LogP contribution in [0.25, 0.3) is 10.9 Å². The van der Waals surface area contributed by atoms with Crippen molar-refractivity contribution < 1.29 is 22.3 Å². The minimum absolute atomic E-state index is 0.0283. The third-order valence-electron chi connectivity index (χ3n) is 7.67. The van der Waals surface area contributed by atoms with Gasteiger partial charge in [0.05, 0.1) is 12.7 Å². The summed E-state index contributed by atoms with van der Waals surface area (Å²) in [6, 6.07) is 9.30. The molecule has 3 atom stereocenters. The predicted molar refractivity (Wildman–Crippen MR) is 138 cm³/mol. The summed E-state index contributed by atoms with van der Waals surface area (Å²) in [5.74, 6) is -1.28. The molecule has 0 aliphatic carbocycles. The van der Waals surface area contributed by atoms with E-state index in [0.717, 1.165) is 29.4 Å². The number of likely N-dealkylation sites (tertiary alicyclic amines) is 1. The maximum atomic E-state index is 15.7. The Morgan fingerprint density at radius 2 is 1.86 bits per heavy atom. The summed E-state index contributed by atoms with van der Waals surface area (Å²) in [4.78, 5) is 7.34. The van der Waals surface area contributed by atoms with Crippen molar-refractivity contribution in [2.24, 2.45) is 5.92 Å². The minimum Gasteiger partial charge on any atom is -0.492 e. The summed E-state index contributed by atoms with van der Waals surface area (Å²) in [5, 5.41) is 1.02. The molecule has 37 heavy (non-hydrogen) atoms. The van der Waals surface area contributed by atoms with E-state index in [2.05, 4.69) is 9.88 Å². The van der Waals surface area contributed by atoms with E-state index in [-0.39, 0.29) is 43.1 Å². The molecule has 1 N–H and O–H groups in total.